The summed E-state index contributed by atoms with van der Waals surface area (Å²) in [5.41, 5.74) is 2.61. The van der Waals surface area contributed by atoms with Crippen molar-refractivity contribution in [1.29, 1.82) is 0 Å². The lowest BCUT2D eigenvalue weighted by molar-refractivity contribution is 0.252. The number of aryl methyl sites for hydroxylation is 1. The zero-order chi connectivity index (χ0) is 18.2. The van der Waals surface area contributed by atoms with Crippen molar-refractivity contribution in [2.75, 3.05) is 11.9 Å². The molecule has 2 amide bonds. The molecule has 0 aliphatic rings. The molecule has 0 unspecified atom stereocenters. The van der Waals surface area contributed by atoms with Crippen molar-refractivity contribution in [3.63, 3.8) is 0 Å². The maximum absolute atomic E-state index is 12.0. The molecule has 0 fully saturated rings. The van der Waals surface area contributed by atoms with Gasteiger partial charge in [-0.2, -0.15) is 0 Å². The van der Waals surface area contributed by atoms with Gasteiger partial charge in [0.15, 0.2) is 5.13 Å². The van der Waals surface area contributed by atoms with Crippen LogP contribution in [0, 0.1) is 18.8 Å². The van der Waals surface area contributed by atoms with E-state index < -0.39 is 0 Å². The fraction of sp³-hybridized carbons (Fsp3) is 0.158. The Hall–Kier alpha value is -3.24. The fourth-order valence-electron chi connectivity index (χ4n) is 2.12. The van der Waals surface area contributed by atoms with Gasteiger partial charge in [0.05, 0.1) is 5.69 Å². The van der Waals surface area contributed by atoms with Gasteiger partial charge in [0, 0.05) is 42.8 Å². The fourth-order valence-corrected chi connectivity index (χ4v) is 2.94. The lowest BCUT2D eigenvalue weighted by Crippen LogP contribution is -2.30. The highest BCUT2D eigenvalue weighted by molar-refractivity contribution is 7.16. The summed E-state index contributed by atoms with van der Waals surface area (Å²) in [6, 6.07) is 9.12. The second kappa shape index (κ2) is 8.74. The lowest BCUT2D eigenvalue weighted by Gasteiger charge is -2.04. The van der Waals surface area contributed by atoms with E-state index in [0.717, 1.165) is 21.8 Å². The van der Waals surface area contributed by atoms with Crippen molar-refractivity contribution in [3.05, 3.63) is 70.8 Å². The molecule has 0 aliphatic heterocycles. The van der Waals surface area contributed by atoms with Crippen LogP contribution in [0.3, 0.4) is 0 Å². The smallest absolute Gasteiger partial charge is 0.321 e. The van der Waals surface area contributed by atoms with Crippen molar-refractivity contribution >= 4 is 22.5 Å². The molecule has 6 nitrogen and oxygen atoms in total. The van der Waals surface area contributed by atoms with E-state index in [-0.39, 0.29) is 6.03 Å². The average Bonchev–Trinajstić information content (AvgIpc) is 3.01. The van der Waals surface area contributed by atoms with E-state index in [4.69, 9.17) is 0 Å². The van der Waals surface area contributed by atoms with Crippen LogP contribution >= 0.6 is 11.3 Å². The highest BCUT2D eigenvalue weighted by atomic mass is 32.1. The summed E-state index contributed by atoms with van der Waals surface area (Å²) in [5, 5.41) is 6.07. The second-order valence-corrected chi connectivity index (χ2v) is 6.37. The predicted octanol–water partition coefficient (Wildman–Crippen LogP) is 3.01. The van der Waals surface area contributed by atoms with Crippen LogP contribution in [-0.4, -0.2) is 27.5 Å². The summed E-state index contributed by atoms with van der Waals surface area (Å²) in [4.78, 5) is 25.3. The standard InChI is InChI=1S/C19H17N5OS/c1-14-17(6-5-15-7-11-20-12-8-15)26-19(23-14)24-18(25)22-13-9-16-4-2-3-10-21-16/h2-4,7-8,10-12H,9,13H2,1H3,(H2,22,23,24,25). The summed E-state index contributed by atoms with van der Waals surface area (Å²) >= 11 is 1.35. The van der Waals surface area contributed by atoms with Crippen LogP contribution < -0.4 is 10.6 Å². The van der Waals surface area contributed by atoms with Gasteiger partial charge in [-0.25, -0.2) is 9.78 Å². The minimum absolute atomic E-state index is 0.289. The van der Waals surface area contributed by atoms with Gasteiger partial charge in [-0.05, 0) is 37.1 Å². The number of hydrogen-bond acceptors (Lipinski definition) is 5. The Morgan fingerprint density at radius 1 is 1.15 bits per heavy atom. The van der Waals surface area contributed by atoms with E-state index in [0.29, 0.717) is 18.1 Å². The first kappa shape index (κ1) is 17.6. The lowest BCUT2D eigenvalue weighted by atomic mass is 10.2. The normalized spacial score (nSPS) is 9.88. The molecule has 3 aromatic heterocycles. The number of pyridine rings is 2. The SMILES string of the molecule is Cc1nc(NC(=O)NCCc2ccccn2)sc1C#Cc1ccncc1. The number of amides is 2. The Morgan fingerprint density at radius 3 is 2.77 bits per heavy atom. The van der Waals surface area contributed by atoms with E-state index in [1.165, 1.54) is 11.3 Å². The first-order chi connectivity index (χ1) is 12.7. The van der Waals surface area contributed by atoms with Crippen LogP contribution in [0.2, 0.25) is 0 Å². The molecule has 0 spiro atoms. The number of rotatable bonds is 4. The van der Waals surface area contributed by atoms with E-state index in [2.05, 4.69) is 37.4 Å². The number of anilines is 1. The summed E-state index contributed by atoms with van der Waals surface area (Å²) in [6.07, 6.45) is 5.81. The average molecular weight is 363 g/mol. The maximum Gasteiger partial charge on any atom is 0.321 e. The molecule has 0 atom stereocenters. The number of carbonyl (C=O) groups excluding carboxylic acids is 1. The maximum atomic E-state index is 12.0. The number of hydrogen-bond donors (Lipinski definition) is 2. The number of aromatic nitrogens is 3. The van der Waals surface area contributed by atoms with Crippen LogP contribution in [-0.2, 0) is 6.42 Å². The van der Waals surface area contributed by atoms with Gasteiger partial charge in [0.2, 0.25) is 0 Å². The number of thiazole rings is 1. The zero-order valence-corrected chi connectivity index (χ0v) is 15.0. The molecule has 26 heavy (non-hydrogen) atoms. The van der Waals surface area contributed by atoms with Gasteiger partial charge in [-0.3, -0.25) is 15.3 Å². The number of urea groups is 1. The molecule has 0 aromatic carbocycles. The molecule has 0 saturated heterocycles. The van der Waals surface area contributed by atoms with E-state index in [1.54, 1.807) is 18.6 Å². The summed E-state index contributed by atoms with van der Waals surface area (Å²) in [6.45, 7) is 2.37. The molecule has 7 heteroatoms. The van der Waals surface area contributed by atoms with Crippen LogP contribution in [0.15, 0.2) is 48.9 Å². The molecular formula is C19H17N5OS. The number of carbonyl (C=O) groups is 1. The number of nitrogens with one attached hydrogen (secondary N) is 2. The Morgan fingerprint density at radius 2 is 2.00 bits per heavy atom. The van der Waals surface area contributed by atoms with Crippen molar-refractivity contribution in [2.45, 2.75) is 13.3 Å². The molecule has 0 saturated carbocycles. The minimum Gasteiger partial charge on any atom is -0.337 e. The van der Waals surface area contributed by atoms with Crippen molar-refractivity contribution in [2.24, 2.45) is 0 Å². The minimum atomic E-state index is -0.289. The van der Waals surface area contributed by atoms with Crippen LogP contribution in [0.4, 0.5) is 9.93 Å². The van der Waals surface area contributed by atoms with Gasteiger partial charge < -0.3 is 5.32 Å². The quantitative estimate of drug-likeness (QED) is 0.699. The van der Waals surface area contributed by atoms with Gasteiger partial charge >= 0.3 is 6.03 Å². The Kier molecular flexibility index (Phi) is 5.91. The van der Waals surface area contributed by atoms with Crippen LogP contribution in [0.25, 0.3) is 0 Å². The molecular weight excluding hydrogens is 346 g/mol. The Labute approximate surface area is 155 Å². The van der Waals surface area contributed by atoms with Crippen LogP contribution in [0.5, 0.6) is 0 Å². The highest BCUT2D eigenvalue weighted by Crippen LogP contribution is 2.21. The third-order valence-corrected chi connectivity index (χ3v) is 4.40. The number of nitrogens with zero attached hydrogens (tertiary/aromatic N) is 3. The molecule has 3 rings (SSSR count). The van der Waals surface area contributed by atoms with Gasteiger partial charge in [-0.1, -0.05) is 23.3 Å². The first-order valence-electron chi connectivity index (χ1n) is 8.05. The topological polar surface area (TPSA) is 79.8 Å². The van der Waals surface area contributed by atoms with Gasteiger partial charge in [-0.15, -0.1) is 0 Å². The van der Waals surface area contributed by atoms with Crippen molar-refractivity contribution in [1.82, 2.24) is 20.3 Å². The van der Waals surface area contributed by atoms with E-state index >= 15 is 0 Å². The summed E-state index contributed by atoms with van der Waals surface area (Å²) in [7, 11) is 0. The zero-order valence-electron chi connectivity index (χ0n) is 14.2. The first-order valence-corrected chi connectivity index (χ1v) is 8.86. The third-order valence-electron chi connectivity index (χ3n) is 3.41. The molecule has 3 heterocycles. The Balaban J connectivity index is 1.54. The van der Waals surface area contributed by atoms with Crippen molar-refractivity contribution < 1.29 is 4.79 Å². The molecule has 2 N–H and O–H groups in total. The summed E-state index contributed by atoms with van der Waals surface area (Å²) < 4.78 is 0. The van der Waals surface area contributed by atoms with E-state index in [1.807, 2.05) is 37.3 Å². The molecule has 0 bridgehead atoms. The molecule has 0 radical (unpaired) electrons. The second-order valence-electron chi connectivity index (χ2n) is 5.37. The van der Waals surface area contributed by atoms with Gasteiger partial charge in [0.25, 0.3) is 0 Å². The monoisotopic (exact) mass is 363 g/mol. The predicted molar refractivity (Wildman–Crippen MR) is 102 cm³/mol. The third kappa shape index (κ3) is 5.13. The van der Waals surface area contributed by atoms with Gasteiger partial charge in [0.1, 0.15) is 4.88 Å². The largest absolute Gasteiger partial charge is 0.337 e. The van der Waals surface area contributed by atoms with Crippen LogP contribution in [0.1, 0.15) is 21.8 Å². The molecule has 130 valence electrons. The Bertz CT molecular complexity index is 929. The highest BCUT2D eigenvalue weighted by Gasteiger charge is 2.08. The summed E-state index contributed by atoms with van der Waals surface area (Å²) in [5.74, 6) is 6.15. The molecule has 3 aromatic rings. The van der Waals surface area contributed by atoms with Crippen molar-refractivity contribution in [3.8, 4) is 11.8 Å². The van der Waals surface area contributed by atoms with E-state index in [9.17, 15) is 4.79 Å². The molecule has 0 aliphatic carbocycles.